The van der Waals surface area contributed by atoms with Crippen molar-refractivity contribution in [2.45, 2.75) is 45.3 Å². The summed E-state index contributed by atoms with van der Waals surface area (Å²) in [6.07, 6.45) is 5.60. The van der Waals surface area contributed by atoms with Gasteiger partial charge in [0.15, 0.2) is 0 Å². The van der Waals surface area contributed by atoms with Crippen molar-refractivity contribution in [2.24, 2.45) is 0 Å². The Morgan fingerprint density at radius 2 is 2.29 bits per heavy atom. The molecule has 1 aliphatic carbocycles. The molecule has 0 bridgehead atoms. The lowest BCUT2D eigenvalue weighted by Crippen LogP contribution is -2.35. The van der Waals surface area contributed by atoms with Gasteiger partial charge in [-0.2, -0.15) is 5.26 Å². The zero-order valence-electron chi connectivity index (χ0n) is 15.7. The number of ether oxygens (including phenoxy) is 1. The van der Waals surface area contributed by atoms with Crippen LogP contribution < -0.4 is 10.6 Å². The number of fused-ring (bicyclic) bond motifs is 1. The zero-order chi connectivity index (χ0) is 20.1. The highest BCUT2D eigenvalue weighted by molar-refractivity contribution is 7.16. The van der Waals surface area contributed by atoms with Crippen LogP contribution in [0.5, 0.6) is 0 Å². The molecule has 0 fully saturated rings. The maximum absolute atomic E-state index is 12.2. The summed E-state index contributed by atoms with van der Waals surface area (Å²) in [7, 11) is 0. The molecule has 0 aliphatic heterocycles. The first-order chi connectivity index (χ1) is 13.5. The summed E-state index contributed by atoms with van der Waals surface area (Å²) in [5.74, 6) is 0.233. The van der Waals surface area contributed by atoms with Crippen molar-refractivity contribution in [1.29, 1.82) is 5.26 Å². The second-order valence-electron chi connectivity index (χ2n) is 6.73. The number of nitriles is 1. The van der Waals surface area contributed by atoms with Crippen LogP contribution in [-0.4, -0.2) is 24.1 Å². The molecule has 7 nitrogen and oxygen atoms in total. The van der Waals surface area contributed by atoms with Crippen LogP contribution >= 0.6 is 11.3 Å². The molecule has 0 spiro atoms. The molecule has 2 aromatic heterocycles. The topological polar surface area (TPSA) is 104 Å². The predicted molar refractivity (Wildman–Crippen MR) is 106 cm³/mol. The molecule has 2 heterocycles. The molecule has 0 saturated carbocycles. The zero-order valence-corrected chi connectivity index (χ0v) is 16.5. The van der Waals surface area contributed by atoms with Gasteiger partial charge in [-0.1, -0.05) is 0 Å². The Morgan fingerprint density at radius 1 is 1.46 bits per heavy atom. The summed E-state index contributed by atoms with van der Waals surface area (Å²) in [6.45, 7) is 3.74. The van der Waals surface area contributed by atoms with Gasteiger partial charge in [-0.3, -0.25) is 4.79 Å². The Morgan fingerprint density at radius 3 is 2.96 bits per heavy atom. The minimum atomic E-state index is -0.433. The number of nitrogens with zero attached hydrogens (tertiary/aromatic N) is 1. The quantitative estimate of drug-likeness (QED) is 0.743. The van der Waals surface area contributed by atoms with E-state index in [4.69, 9.17) is 9.15 Å². The first kappa shape index (κ1) is 19.7. The van der Waals surface area contributed by atoms with Crippen LogP contribution in [-0.2, 0) is 22.4 Å². The molecule has 2 N–H and O–H groups in total. The number of carbonyl (C=O) groups is 2. The van der Waals surface area contributed by atoms with Gasteiger partial charge in [-0.15, -0.1) is 11.3 Å². The number of furan rings is 1. The van der Waals surface area contributed by atoms with Gasteiger partial charge in [0.25, 0.3) is 0 Å². The standard InChI is InChI=1S/C20H21N3O4S/c1-12(2)22-20(25)27-14-5-7-15-16(11-21)19(28-17(15)10-14)23-18(24)8-6-13-4-3-9-26-13/h3-4,6,8-9,12,14H,5,7,10H2,1-2H3,(H,22,25)(H,23,24). The molecular weight excluding hydrogens is 378 g/mol. The molecule has 1 aliphatic rings. The van der Waals surface area contributed by atoms with Crippen molar-refractivity contribution in [1.82, 2.24) is 5.32 Å². The van der Waals surface area contributed by atoms with Crippen LogP contribution in [0.1, 0.15) is 42.0 Å². The number of carbonyl (C=O) groups excluding carboxylic acids is 2. The second-order valence-corrected chi connectivity index (χ2v) is 7.83. The number of rotatable bonds is 5. The molecule has 2 amide bonds. The Balaban J connectivity index is 1.68. The predicted octanol–water partition coefficient (Wildman–Crippen LogP) is 3.86. The van der Waals surface area contributed by atoms with Crippen molar-refractivity contribution in [2.75, 3.05) is 5.32 Å². The second kappa shape index (κ2) is 8.76. The lowest BCUT2D eigenvalue weighted by Gasteiger charge is -2.23. The third-order valence-electron chi connectivity index (χ3n) is 4.19. The summed E-state index contributed by atoms with van der Waals surface area (Å²) < 4.78 is 10.6. The van der Waals surface area contributed by atoms with Gasteiger partial charge in [0, 0.05) is 23.4 Å². The largest absolute Gasteiger partial charge is 0.465 e. The average Bonchev–Trinajstić information content (AvgIpc) is 3.25. The molecule has 8 heteroatoms. The number of nitrogens with one attached hydrogen (secondary N) is 2. The van der Waals surface area contributed by atoms with Crippen LogP contribution in [0.4, 0.5) is 9.80 Å². The van der Waals surface area contributed by atoms with Gasteiger partial charge in [0.2, 0.25) is 5.91 Å². The minimum Gasteiger partial charge on any atom is -0.465 e. The van der Waals surface area contributed by atoms with Crippen molar-refractivity contribution in [3.8, 4) is 6.07 Å². The molecule has 3 rings (SSSR count). The van der Waals surface area contributed by atoms with Crippen LogP contribution in [0.25, 0.3) is 6.08 Å². The highest BCUT2D eigenvalue weighted by Gasteiger charge is 2.28. The molecule has 1 atom stereocenters. The van der Waals surface area contributed by atoms with Crippen molar-refractivity contribution < 1.29 is 18.7 Å². The summed E-state index contributed by atoms with van der Waals surface area (Å²) in [4.78, 5) is 25.0. The smallest absolute Gasteiger partial charge is 0.407 e. The number of amides is 2. The lowest BCUT2D eigenvalue weighted by atomic mass is 9.94. The van der Waals surface area contributed by atoms with E-state index >= 15 is 0 Å². The van der Waals surface area contributed by atoms with E-state index in [1.54, 1.807) is 18.2 Å². The molecule has 28 heavy (non-hydrogen) atoms. The summed E-state index contributed by atoms with van der Waals surface area (Å²) in [5.41, 5.74) is 1.42. The molecule has 2 aromatic rings. The van der Waals surface area contributed by atoms with Crippen molar-refractivity contribution in [3.63, 3.8) is 0 Å². The Kier molecular flexibility index (Phi) is 6.16. The van der Waals surface area contributed by atoms with Crippen molar-refractivity contribution >= 4 is 34.4 Å². The molecule has 146 valence electrons. The third-order valence-corrected chi connectivity index (χ3v) is 5.36. The van der Waals surface area contributed by atoms with Crippen LogP contribution in [0.15, 0.2) is 28.9 Å². The summed E-state index contributed by atoms with van der Waals surface area (Å²) in [5, 5.41) is 15.5. The lowest BCUT2D eigenvalue weighted by molar-refractivity contribution is -0.111. The number of alkyl carbamates (subject to hydrolysis) is 1. The van der Waals surface area contributed by atoms with Gasteiger partial charge in [-0.25, -0.2) is 4.79 Å². The number of anilines is 1. The Bertz CT molecular complexity index is 922. The van der Waals surface area contributed by atoms with Crippen molar-refractivity contribution in [3.05, 3.63) is 46.2 Å². The average molecular weight is 399 g/mol. The fourth-order valence-corrected chi connectivity index (χ4v) is 4.25. The van der Waals surface area contributed by atoms with E-state index in [2.05, 4.69) is 16.7 Å². The normalized spacial score (nSPS) is 15.9. The monoisotopic (exact) mass is 399 g/mol. The van der Waals surface area contributed by atoms with Crippen LogP contribution in [0.2, 0.25) is 0 Å². The first-order valence-corrected chi connectivity index (χ1v) is 9.82. The number of hydrogen-bond acceptors (Lipinski definition) is 6. The Hall–Kier alpha value is -3.05. The van der Waals surface area contributed by atoms with E-state index in [1.807, 2.05) is 13.8 Å². The SMILES string of the molecule is CC(C)NC(=O)OC1CCc2c(sc(NC(=O)C=Cc3ccco3)c2C#N)C1. The first-order valence-electron chi connectivity index (χ1n) is 9.00. The molecule has 0 aromatic carbocycles. The minimum absolute atomic E-state index is 0.00891. The molecule has 0 saturated heterocycles. The summed E-state index contributed by atoms with van der Waals surface area (Å²) >= 11 is 1.36. The van der Waals surface area contributed by atoms with E-state index in [0.717, 1.165) is 10.4 Å². The third kappa shape index (κ3) is 4.81. The van der Waals surface area contributed by atoms with E-state index < -0.39 is 6.09 Å². The molecule has 0 radical (unpaired) electrons. The van der Waals surface area contributed by atoms with Gasteiger partial charge in [0.05, 0.1) is 11.8 Å². The number of thiophene rings is 1. The fraction of sp³-hybridized carbons (Fsp3) is 0.350. The van der Waals surface area contributed by atoms with Crippen LogP contribution in [0.3, 0.4) is 0 Å². The van der Waals surface area contributed by atoms with E-state index in [-0.39, 0.29) is 18.1 Å². The van der Waals surface area contributed by atoms with E-state index in [0.29, 0.717) is 35.6 Å². The highest BCUT2D eigenvalue weighted by atomic mass is 32.1. The van der Waals surface area contributed by atoms with E-state index in [9.17, 15) is 14.9 Å². The molecule has 1 unspecified atom stereocenters. The highest BCUT2D eigenvalue weighted by Crippen LogP contribution is 2.38. The fourth-order valence-electron chi connectivity index (χ4n) is 2.98. The number of hydrogen-bond donors (Lipinski definition) is 2. The molecular formula is C20H21N3O4S. The maximum atomic E-state index is 12.2. The maximum Gasteiger partial charge on any atom is 0.407 e. The van der Waals surface area contributed by atoms with E-state index in [1.165, 1.54) is 23.7 Å². The Labute approximate surface area is 167 Å². The van der Waals surface area contributed by atoms with Gasteiger partial charge >= 0.3 is 6.09 Å². The van der Waals surface area contributed by atoms with Crippen LogP contribution in [0, 0.1) is 11.3 Å². The van der Waals surface area contributed by atoms with Gasteiger partial charge in [0.1, 0.15) is 22.9 Å². The van der Waals surface area contributed by atoms with Gasteiger partial charge < -0.3 is 19.8 Å². The summed E-state index contributed by atoms with van der Waals surface area (Å²) in [6, 6.07) is 5.68. The van der Waals surface area contributed by atoms with Gasteiger partial charge in [-0.05, 0) is 50.5 Å².